The molecule has 24 heavy (non-hydrogen) atoms. The van der Waals surface area contributed by atoms with Gasteiger partial charge >= 0.3 is 6.18 Å². The van der Waals surface area contributed by atoms with E-state index in [-0.39, 0.29) is 5.91 Å². The van der Waals surface area contributed by atoms with Crippen LogP contribution in [0.4, 0.5) is 13.2 Å². The highest BCUT2D eigenvalue weighted by molar-refractivity contribution is 5.73. The molecule has 0 atom stereocenters. The van der Waals surface area contributed by atoms with E-state index in [0.29, 0.717) is 18.6 Å². The normalized spacial score (nSPS) is 19.8. The van der Waals surface area contributed by atoms with Crippen LogP contribution < -0.4 is 0 Å². The monoisotopic (exact) mass is 341 g/mol. The first-order chi connectivity index (χ1) is 11.3. The molecular weight excluding hydrogens is 319 g/mol. The second-order valence-electron chi connectivity index (χ2n) is 6.69. The molecule has 0 N–H and O–H groups in total. The summed E-state index contributed by atoms with van der Waals surface area (Å²) in [4.78, 5) is 19.2. The highest BCUT2D eigenvalue weighted by Gasteiger charge is 2.36. The molecule has 1 saturated carbocycles. The Balaban J connectivity index is 1.64. The van der Waals surface area contributed by atoms with Gasteiger partial charge in [-0.15, -0.1) is 0 Å². The number of amides is 1. The summed E-state index contributed by atoms with van der Waals surface area (Å²) in [7, 11) is 0. The van der Waals surface area contributed by atoms with Gasteiger partial charge in [-0.25, -0.2) is 0 Å². The van der Waals surface area contributed by atoms with Crippen molar-refractivity contribution < 1.29 is 18.0 Å². The Morgan fingerprint density at radius 2 is 1.83 bits per heavy atom. The molecule has 1 amide bonds. The quantitative estimate of drug-likeness (QED) is 0.844. The second kappa shape index (κ2) is 6.70. The van der Waals surface area contributed by atoms with E-state index in [1.54, 1.807) is 6.92 Å². The standard InChI is InChI=1S/C17H22F3N3O/c1-12(24)22-8-6-15(7-9-22)23(14-3-4-14)11-13-2-5-16(21-10-13)17(18,19)20/h2,5,10,14-15H,3-4,6-9,11H2,1H3. The minimum Gasteiger partial charge on any atom is -0.343 e. The lowest BCUT2D eigenvalue weighted by atomic mass is 10.0. The third-order valence-corrected chi connectivity index (χ3v) is 4.88. The van der Waals surface area contributed by atoms with Crippen LogP contribution >= 0.6 is 0 Å². The number of alkyl halides is 3. The smallest absolute Gasteiger partial charge is 0.343 e. The van der Waals surface area contributed by atoms with Gasteiger partial charge in [0.1, 0.15) is 5.69 Å². The average molecular weight is 341 g/mol. The zero-order chi connectivity index (χ0) is 17.3. The molecule has 1 aromatic heterocycles. The number of carbonyl (C=O) groups is 1. The van der Waals surface area contributed by atoms with Crippen LogP contribution in [0.15, 0.2) is 18.3 Å². The van der Waals surface area contributed by atoms with Gasteiger partial charge in [0.2, 0.25) is 5.91 Å². The minimum atomic E-state index is -4.39. The molecule has 0 unspecified atom stereocenters. The fourth-order valence-corrected chi connectivity index (χ4v) is 3.37. The van der Waals surface area contributed by atoms with E-state index in [9.17, 15) is 18.0 Å². The van der Waals surface area contributed by atoms with Crippen molar-refractivity contribution in [1.82, 2.24) is 14.8 Å². The summed E-state index contributed by atoms with van der Waals surface area (Å²) in [5.74, 6) is 0.110. The number of likely N-dealkylation sites (tertiary alicyclic amines) is 1. The lowest BCUT2D eigenvalue weighted by Gasteiger charge is -2.38. The van der Waals surface area contributed by atoms with E-state index in [0.717, 1.165) is 50.4 Å². The van der Waals surface area contributed by atoms with Crippen molar-refractivity contribution in [2.45, 2.75) is 57.4 Å². The highest BCUT2D eigenvalue weighted by atomic mass is 19.4. The minimum absolute atomic E-state index is 0.110. The Morgan fingerprint density at radius 3 is 2.29 bits per heavy atom. The van der Waals surface area contributed by atoms with Gasteiger partial charge in [-0.2, -0.15) is 13.2 Å². The molecular formula is C17H22F3N3O. The Kier molecular flexibility index (Phi) is 4.80. The summed E-state index contributed by atoms with van der Waals surface area (Å²) in [6.45, 7) is 3.73. The maximum atomic E-state index is 12.6. The lowest BCUT2D eigenvalue weighted by Crippen LogP contribution is -2.46. The van der Waals surface area contributed by atoms with Crippen LogP contribution in [0, 0.1) is 0 Å². The summed E-state index contributed by atoms with van der Waals surface area (Å²) < 4.78 is 37.8. The number of nitrogens with zero attached hydrogens (tertiary/aromatic N) is 3. The van der Waals surface area contributed by atoms with E-state index < -0.39 is 11.9 Å². The van der Waals surface area contributed by atoms with E-state index in [1.165, 1.54) is 12.3 Å². The van der Waals surface area contributed by atoms with E-state index in [4.69, 9.17) is 0 Å². The van der Waals surface area contributed by atoms with Crippen molar-refractivity contribution in [3.63, 3.8) is 0 Å². The molecule has 0 bridgehead atoms. The van der Waals surface area contributed by atoms with Crippen molar-refractivity contribution in [2.24, 2.45) is 0 Å². The highest BCUT2D eigenvalue weighted by Crippen LogP contribution is 2.33. The lowest BCUT2D eigenvalue weighted by molar-refractivity contribution is -0.141. The number of carbonyl (C=O) groups excluding carboxylic acids is 1. The molecule has 0 aromatic carbocycles. The zero-order valence-corrected chi connectivity index (χ0v) is 13.7. The van der Waals surface area contributed by atoms with Crippen LogP contribution in [0.2, 0.25) is 0 Å². The number of halogens is 3. The van der Waals surface area contributed by atoms with Crippen molar-refractivity contribution in [3.05, 3.63) is 29.6 Å². The summed E-state index contributed by atoms with van der Waals surface area (Å²) in [5, 5.41) is 0. The van der Waals surface area contributed by atoms with Gasteiger partial charge in [0.15, 0.2) is 0 Å². The Hall–Kier alpha value is -1.63. The largest absolute Gasteiger partial charge is 0.433 e. The molecule has 2 heterocycles. The van der Waals surface area contributed by atoms with Crippen molar-refractivity contribution in [1.29, 1.82) is 0 Å². The SMILES string of the molecule is CC(=O)N1CCC(N(Cc2ccc(C(F)(F)F)nc2)C2CC2)CC1. The Morgan fingerprint density at radius 1 is 1.21 bits per heavy atom. The van der Waals surface area contributed by atoms with Crippen LogP contribution in [-0.2, 0) is 17.5 Å². The maximum Gasteiger partial charge on any atom is 0.433 e. The number of aromatic nitrogens is 1. The van der Waals surface area contributed by atoms with E-state index in [2.05, 4.69) is 9.88 Å². The summed E-state index contributed by atoms with van der Waals surface area (Å²) in [5.41, 5.74) is -0.0390. The molecule has 3 rings (SSSR count). The predicted octanol–water partition coefficient (Wildman–Crippen LogP) is 3.08. The number of hydrogen-bond donors (Lipinski definition) is 0. The van der Waals surface area contributed by atoms with Crippen LogP contribution in [0.1, 0.15) is 43.9 Å². The zero-order valence-electron chi connectivity index (χ0n) is 13.7. The summed E-state index contributed by atoms with van der Waals surface area (Å²) in [6, 6.07) is 3.48. The van der Waals surface area contributed by atoms with Gasteiger partial charge in [0.05, 0.1) is 0 Å². The van der Waals surface area contributed by atoms with Gasteiger partial charge in [-0.05, 0) is 37.3 Å². The van der Waals surface area contributed by atoms with Crippen molar-refractivity contribution in [3.8, 4) is 0 Å². The second-order valence-corrected chi connectivity index (χ2v) is 6.69. The topological polar surface area (TPSA) is 36.4 Å². The van der Waals surface area contributed by atoms with Gasteiger partial charge in [0.25, 0.3) is 0 Å². The molecule has 2 fully saturated rings. The molecule has 0 spiro atoms. The molecule has 2 aliphatic rings. The summed E-state index contributed by atoms with van der Waals surface area (Å²) in [6.07, 6.45) is 1.06. The third-order valence-electron chi connectivity index (χ3n) is 4.88. The first kappa shape index (κ1) is 17.2. The predicted molar refractivity (Wildman–Crippen MR) is 83.1 cm³/mol. The first-order valence-electron chi connectivity index (χ1n) is 8.38. The van der Waals surface area contributed by atoms with Crippen LogP contribution in [-0.4, -0.2) is 45.9 Å². The molecule has 132 valence electrons. The number of piperidine rings is 1. The van der Waals surface area contributed by atoms with Crippen LogP contribution in [0.25, 0.3) is 0 Å². The van der Waals surface area contributed by atoms with Gasteiger partial charge in [0, 0.05) is 44.8 Å². The number of rotatable bonds is 4. The molecule has 1 aliphatic carbocycles. The Bertz CT molecular complexity index is 576. The fraction of sp³-hybridized carbons (Fsp3) is 0.647. The molecule has 7 heteroatoms. The van der Waals surface area contributed by atoms with Crippen LogP contribution in [0.3, 0.4) is 0 Å². The van der Waals surface area contributed by atoms with Gasteiger partial charge in [-0.1, -0.05) is 6.07 Å². The third kappa shape index (κ3) is 4.06. The van der Waals surface area contributed by atoms with Gasteiger partial charge < -0.3 is 4.90 Å². The van der Waals surface area contributed by atoms with Crippen molar-refractivity contribution >= 4 is 5.91 Å². The molecule has 1 aliphatic heterocycles. The van der Waals surface area contributed by atoms with E-state index >= 15 is 0 Å². The van der Waals surface area contributed by atoms with Crippen molar-refractivity contribution in [2.75, 3.05) is 13.1 Å². The van der Waals surface area contributed by atoms with Crippen LogP contribution in [0.5, 0.6) is 0 Å². The molecule has 1 aromatic rings. The molecule has 4 nitrogen and oxygen atoms in total. The molecule has 1 saturated heterocycles. The van der Waals surface area contributed by atoms with Gasteiger partial charge in [-0.3, -0.25) is 14.7 Å². The molecule has 0 radical (unpaired) electrons. The fourth-order valence-electron chi connectivity index (χ4n) is 3.37. The Labute approximate surface area is 139 Å². The van der Waals surface area contributed by atoms with E-state index in [1.807, 2.05) is 4.90 Å². The number of pyridine rings is 1. The maximum absolute atomic E-state index is 12.6. The first-order valence-corrected chi connectivity index (χ1v) is 8.38. The summed E-state index contributed by atoms with van der Waals surface area (Å²) >= 11 is 0. The average Bonchev–Trinajstić information content (AvgIpc) is 3.37. The number of hydrogen-bond acceptors (Lipinski definition) is 3.